The molecule has 2 N–H and O–H groups in total. The molecule has 0 aliphatic heterocycles. The van der Waals surface area contributed by atoms with Crippen LogP contribution in [0.2, 0.25) is 0 Å². The van der Waals surface area contributed by atoms with Crippen molar-refractivity contribution in [3.05, 3.63) is 35.7 Å². The largest absolute Gasteiger partial charge is 0.361 e. The third-order valence-electron chi connectivity index (χ3n) is 3.62. The minimum Gasteiger partial charge on any atom is -0.361 e. The van der Waals surface area contributed by atoms with Crippen molar-refractivity contribution < 1.29 is 0 Å². The molecule has 4 heteroatoms. The van der Waals surface area contributed by atoms with Gasteiger partial charge >= 0.3 is 0 Å². The Hall–Kier alpha value is -1.78. The van der Waals surface area contributed by atoms with Gasteiger partial charge in [0.05, 0.1) is 0 Å². The van der Waals surface area contributed by atoms with Crippen LogP contribution < -0.4 is 0 Å². The van der Waals surface area contributed by atoms with Crippen molar-refractivity contribution in [1.29, 1.82) is 0 Å². The molecule has 0 radical (unpaired) electrons. The van der Waals surface area contributed by atoms with Gasteiger partial charge < -0.3 is 19.8 Å². The van der Waals surface area contributed by atoms with Gasteiger partial charge in [-0.1, -0.05) is 0 Å². The molecule has 4 nitrogen and oxygen atoms in total. The number of aromatic nitrogens is 2. The highest BCUT2D eigenvalue weighted by molar-refractivity contribution is 6.09. The molecule has 0 saturated carbocycles. The Morgan fingerprint density at radius 3 is 1.50 bits per heavy atom. The molecule has 0 amide bonds. The van der Waals surface area contributed by atoms with Crippen LogP contribution >= 0.6 is 0 Å². The van der Waals surface area contributed by atoms with Crippen LogP contribution in [0.3, 0.4) is 0 Å². The summed E-state index contributed by atoms with van der Waals surface area (Å²) in [7, 11) is 8.43. The fourth-order valence-electron chi connectivity index (χ4n) is 2.92. The van der Waals surface area contributed by atoms with E-state index >= 15 is 0 Å². The molecule has 20 heavy (non-hydrogen) atoms. The second kappa shape index (κ2) is 4.96. The first-order valence-electron chi connectivity index (χ1n) is 6.94. The molecule has 0 fully saturated rings. The quantitative estimate of drug-likeness (QED) is 0.765. The van der Waals surface area contributed by atoms with Crippen molar-refractivity contribution in [1.82, 2.24) is 19.8 Å². The summed E-state index contributed by atoms with van der Waals surface area (Å²) in [6.07, 6.45) is 4.27. The molecule has 3 rings (SSSR count). The smallest absolute Gasteiger partial charge is 0.0465 e. The van der Waals surface area contributed by atoms with Gasteiger partial charge in [0.1, 0.15) is 0 Å². The van der Waals surface area contributed by atoms with Crippen LogP contribution in [0.25, 0.3) is 21.8 Å². The molecule has 3 aromatic rings. The van der Waals surface area contributed by atoms with Crippen LogP contribution in [-0.2, 0) is 13.1 Å². The van der Waals surface area contributed by atoms with Crippen molar-refractivity contribution in [2.24, 2.45) is 0 Å². The Morgan fingerprint density at radius 2 is 1.15 bits per heavy atom. The summed E-state index contributed by atoms with van der Waals surface area (Å²) in [6.45, 7) is 1.90. The topological polar surface area (TPSA) is 38.1 Å². The lowest BCUT2D eigenvalue weighted by molar-refractivity contribution is 0.403. The normalized spacial score (nSPS) is 12.3. The van der Waals surface area contributed by atoms with Crippen LogP contribution in [0.4, 0.5) is 0 Å². The Kier molecular flexibility index (Phi) is 3.28. The molecule has 0 saturated heterocycles. The molecule has 1 aromatic carbocycles. The van der Waals surface area contributed by atoms with E-state index < -0.39 is 0 Å². The molecule has 0 aliphatic carbocycles. The predicted molar refractivity (Wildman–Crippen MR) is 84.9 cm³/mol. The maximum absolute atomic E-state index is 3.40. The van der Waals surface area contributed by atoms with E-state index in [-0.39, 0.29) is 0 Å². The predicted octanol–water partition coefficient (Wildman–Crippen LogP) is 2.77. The summed E-state index contributed by atoms with van der Waals surface area (Å²) < 4.78 is 0. The van der Waals surface area contributed by atoms with Gasteiger partial charge in [-0.05, 0) is 51.5 Å². The van der Waals surface area contributed by atoms with Crippen LogP contribution in [0, 0.1) is 0 Å². The molecule has 0 spiro atoms. The number of nitrogens with one attached hydrogen (secondary N) is 2. The van der Waals surface area contributed by atoms with Crippen molar-refractivity contribution in [2.75, 3.05) is 28.2 Å². The molecule has 0 bridgehead atoms. The first-order valence-corrected chi connectivity index (χ1v) is 6.94. The highest BCUT2D eigenvalue weighted by atomic mass is 15.1. The second-order valence-electron chi connectivity index (χ2n) is 6.01. The molecular formula is C16H22N4. The Morgan fingerprint density at radius 1 is 0.750 bits per heavy atom. The summed E-state index contributed by atoms with van der Waals surface area (Å²) in [5.41, 5.74) is 5.15. The van der Waals surface area contributed by atoms with Gasteiger partial charge in [-0.3, -0.25) is 0 Å². The Balaban J connectivity index is 2.25. The lowest BCUT2D eigenvalue weighted by Crippen LogP contribution is -2.11. The third-order valence-corrected chi connectivity index (χ3v) is 3.62. The van der Waals surface area contributed by atoms with E-state index in [1.807, 2.05) is 0 Å². The zero-order valence-corrected chi connectivity index (χ0v) is 12.6. The summed E-state index contributed by atoms with van der Waals surface area (Å²) in [5.74, 6) is 0. The maximum Gasteiger partial charge on any atom is 0.0465 e. The number of nitrogens with zero attached hydrogens (tertiary/aromatic N) is 2. The molecule has 106 valence electrons. The average molecular weight is 270 g/mol. The van der Waals surface area contributed by atoms with Crippen LogP contribution in [-0.4, -0.2) is 48.0 Å². The van der Waals surface area contributed by atoms with Gasteiger partial charge in [-0.15, -0.1) is 0 Å². The highest BCUT2D eigenvalue weighted by Crippen LogP contribution is 2.31. The van der Waals surface area contributed by atoms with Crippen LogP contribution in [0.15, 0.2) is 24.5 Å². The van der Waals surface area contributed by atoms with Crippen molar-refractivity contribution in [2.45, 2.75) is 13.1 Å². The number of fused-ring (bicyclic) bond motifs is 3. The summed E-state index contributed by atoms with van der Waals surface area (Å²) >= 11 is 0. The van der Waals surface area contributed by atoms with Crippen LogP contribution in [0.5, 0.6) is 0 Å². The van der Waals surface area contributed by atoms with Crippen molar-refractivity contribution in [3.8, 4) is 0 Å². The standard InChI is InChI=1S/C16H22N4/c1-19(2)9-11-7-17-13-5-6-14-16(15(11)13)12(8-18-14)10-20(3)4/h5-8,17-18H,9-10H2,1-4H3. The third kappa shape index (κ3) is 2.21. The number of H-pyrrole nitrogens is 2. The van der Waals surface area contributed by atoms with Gasteiger partial charge in [0.2, 0.25) is 0 Å². The average Bonchev–Trinajstić information content (AvgIpc) is 2.93. The zero-order valence-electron chi connectivity index (χ0n) is 12.6. The van der Waals surface area contributed by atoms with Gasteiger partial charge in [0.15, 0.2) is 0 Å². The van der Waals surface area contributed by atoms with E-state index in [0.29, 0.717) is 0 Å². The minimum atomic E-state index is 0.950. The summed E-state index contributed by atoms with van der Waals surface area (Å²) in [5, 5.41) is 2.71. The second-order valence-corrected chi connectivity index (χ2v) is 6.01. The minimum absolute atomic E-state index is 0.950. The number of benzene rings is 1. The van der Waals surface area contributed by atoms with Gasteiger partial charge in [0.25, 0.3) is 0 Å². The highest BCUT2D eigenvalue weighted by Gasteiger charge is 2.13. The Bertz CT molecular complexity index is 670. The summed E-state index contributed by atoms with van der Waals surface area (Å²) in [4.78, 5) is 11.2. The van der Waals surface area contributed by atoms with E-state index in [0.717, 1.165) is 13.1 Å². The number of hydrogen-bond donors (Lipinski definition) is 2. The van der Waals surface area contributed by atoms with E-state index in [9.17, 15) is 0 Å². The maximum atomic E-state index is 3.40. The van der Waals surface area contributed by atoms with Crippen molar-refractivity contribution in [3.63, 3.8) is 0 Å². The molecule has 2 heterocycles. The molecular weight excluding hydrogens is 248 g/mol. The van der Waals surface area contributed by atoms with E-state index in [1.54, 1.807) is 0 Å². The molecule has 0 unspecified atom stereocenters. The van der Waals surface area contributed by atoms with Gasteiger partial charge in [-0.2, -0.15) is 0 Å². The van der Waals surface area contributed by atoms with E-state index in [4.69, 9.17) is 0 Å². The number of rotatable bonds is 4. The number of aromatic amines is 2. The fraction of sp³-hybridized carbons (Fsp3) is 0.375. The van der Waals surface area contributed by atoms with Crippen LogP contribution in [0.1, 0.15) is 11.1 Å². The lowest BCUT2D eigenvalue weighted by Gasteiger charge is -2.11. The monoisotopic (exact) mass is 270 g/mol. The SMILES string of the molecule is CN(C)Cc1c[nH]c2ccc3[nH]cc(CN(C)C)c3c12. The van der Waals surface area contributed by atoms with Gasteiger partial charge in [-0.25, -0.2) is 0 Å². The number of hydrogen-bond acceptors (Lipinski definition) is 2. The zero-order chi connectivity index (χ0) is 14.3. The van der Waals surface area contributed by atoms with E-state index in [1.165, 1.54) is 32.9 Å². The van der Waals surface area contributed by atoms with E-state index in [2.05, 4.69) is 72.5 Å². The summed E-state index contributed by atoms with van der Waals surface area (Å²) in [6, 6.07) is 4.32. The molecule has 2 aromatic heterocycles. The van der Waals surface area contributed by atoms with Crippen molar-refractivity contribution >= 4 is 21.8 Å². The molecule has 0 atom stereocenters. The first kappa shape index (κ1) is 13.2. The Labute approximate surface area is 119 Å². The first-order chi connectivity index (χ1) is 9.56. The fourth-order valence-corrected chi connectivity index (χ4v) is 2.92. The van der Waals surface area contributed by atoms with Gasteiger partial charge in [0, 0.05) is 47.3 Å². The molecule has 0 aliphatic rings. The lowest BCUT2D eigenvalue weighted by atomic mass is 10.0.